The van der Waals surface area contributed by atoms with Crippen molar-refractivity contribution < 1.29 is 14.1 Å². The van der Waals surface area contributed by atoms with Crippen LogP contribution < -0.4 is 10.6 Å². The van der Waals surface area contributed by atoms with Crippen LogP contribution in [0.4, 0.5) is 11.5 Å². The number of aryl methyl sites for hydroxylation is 2. The molecule has 2 rings (SSSR count). The minimum Gasteiger partial charge on any atom is -0.360 e. The monoisotopic (exact) mass is 333 g/mol. The lowest BCUT2D eigenvalue weighted by molar-refractivity contribution is -0.115. The molecule has 0 spiro atoms. The van der Waals surface area contributed by atoms with Gasteiger partial charge in [0.1, 0.15) is 5.76 Å². The van der Waals surface area contributed by atoms with E-state index in [1.165, 1.54) is 11.8 Å². The summed E-state index contributed by atoms with van der Waals surface area (Å²) < 4.78 is 4.89. The van der Waals surface area contributed by atoms with Gasteiger partial charge in [0.2, 0.25) is 11.8 Å². The Morgan fingerprint density at radius 1 is 1.26 bits per heavy atom. The molecule has 2 amide bonds. The van der Waals surface area contributed by atoms with Gasteiger partial charge in [0.25, 0.3) is 0 Å². The molecule has 0 saturated heterocycles. The molecule has 0 radical (unpaired) electrons. The molecule has 1 aromatic carbocycles. The number of benzene rings is 1. The Morgan fingerprint density at radius 3 is 2.65 bits per heavy atom. The van der Waals surface area contributed by atoms with Gasteiger partial charge in [-0.25, -0.2) is 0 Å². The van der Waals surface area contributed by atoms with Crippen molar-refractivity contribution in [2.75, 3.05) is 16.4 Å². The molecule has 0 aliphatic carbocycles. The first-order valence-electron chi connectivity index (χ1n) is 7.17. The van der Waals surface area contributed by atoms with Gasteiger partial charge >= 0.3 is 0 Å². The Morgan fingerprint density at radius 2 is 2.00 bits per heavy atom. The highest BCUT2D eigenvalue weighted by Crippen LogP contribution is 2.17. The third-order valence-corrected chi connectivity index (χ3v) is 4.27. The summed E-state index contributed by atoms with van der Waals surface area (Å²) in [6.07, 6.45) is 0. The van der Waals surface area contributed by atoms with Crippen LogP contribution in [0.1, 0.15) is 18.2 Å². The molecule has 0 fully saturated rings. The lowest BCUT2D eigenvalue weighted by Crippen LogP contribution is -2.25. The molecule has 2 aromatic rings. The quantitative estimate of drug-likeness (QED) is 0.849. The first kappa shape index (κ1) is 17.1. The van der Waals surface area contributed by atoms with E-state index in [1.807, 2.05) is 31.2 Å². The smallest absolute Gasteiger partial charge is 0.238 e. The summed E-state index contributed by atoms with van der Waals surface area (Å²) in [6.45, 7) is 5.42. The number of anilines is 2. The van der Waals surface area contributed by atoms with Gasteiger partial charge in [-0.1, -0.05) is 23.4 Å². The lowest BCUT2D eigenvalue weighted by atomic mass is 10.2. The van der Waals surface area contributed by atoms with Gasteiger partial charge in [0, 0.05) is 11.8 Å². The van der Waals surface area contributed by atoms with Crippen molar-refractivity contribution in [2.45, 2.75) is 26.0 Å². The van der Waals surface area contributed by atoms with Crippen molar-refractivity contribution in [3.05, 3.63) is 41.7 Å². The number of nitrogens with zero attached hydrogens (tertiary/aromatic N) is 1. The number of para-hydroxylation sites is 1. The van der Waals surface area contributed by atoms with Crippen LogP contribution in [0.3, 0.4) is 0 Å². The second kappa shape index (κ2) is 7.82. The van der Waals surface area contributed by atoms with Crippen molar-refractivity contribution in [2.24, 2.45) is 0 Å². The van der Waals surface area contributed by atoms with Crippen LogP contribution in [0, 0.1) is 13.8 Å². The maximum atomic E-state index is 12.0. The van der Waals surface area contributed by atoms with E-state index in [2.05, 4.69) is 15.8 Å². The lowest BCUT2D eigenvalue weighted by Gasteiger charge is -2.11. The van der Waals surface area contributed by atoms with Crippen molar-refractivity contribution >= 4 is 35.1 Å². The molecule has 0 saturated carbocycles. The Balaban J connectivity index is 1.79. The third kappa shape index (κ3) is 5.14. The Hall–Kier alpha value is -2.28. The molecule has 1 aromatic heterocycles. The minimum absolute atomic E-state index is 0.138. The third-order valence-electron chi connectivity index (χ3n) is 3.13. The van der Waals surface area contributed by atoms with Crippen LogP contribution in [0.15, 0.2) is 34.9 Å². The van der Waals surface area contributed by atoms with Crippen LogP contribution in [-0.4, -0.2) is 28.0 Å². The van der Waals surface area contributed by atoms with Gasteiger partial charge in [0.15, 0.2) is 5.82 Å². The van der Waals surface area contributed by atoms with Crippen LogP contribution in [0.2, 0.25) is 0 Å². The summed E-state index contributed by atoms with van der Waals surface area (Å²) in [5, 5.41) is 8.81. The Kier molecular flexibility index (Phi) is 5.81. The number of carbonyl (C=O) groups is 2. The van der Waals surface area contributed by atoms with E-state index in [0.29, 0.717) is 11.6 Å². The molecule has 0 bridgehead atoms. The van der Waals surface area contributed by atoms with Crippen LogP contribution in [0.5, 0.6) is 0 Å². The van der Waals surface area contributed by atoms with E-state index in [0.717, 1.165) is 11.3 Å². The summed E-state index contributed by atoms with van der Waals surface area (Å²) in [7, 11) is 0. The molecule has 23 heavy (non-hydrogen) atoms. The molecule has 0 aliphatic rings. The molecule has 2 N–H and O–H groups in total. The van der Waals surface area contributed by atoms with Crippen LogP contribution >= 0.6 is 11.8 Å². The number of amides is 2. The zero-order valence-electron chi connectivity index (χ0n) is 13.3. The van der Waals surface area contributed by atoms with Crippen molar-refractivity contribution in [1.82, 2.24) is 5.16 Å². The molecule has 1 unspecified atom stereocenters. The molecule has 1 atom stereocenters. The summed E-state index contributed by atoms with van der Waals surface area (Å²) in [5.41, 5.74) is 1.78. The average Bonchev–Trinajstić information content (AvgIpc) is 2.92. The predicted molar refractivity (Wildman–Crippen MR) is 91.6 cm³/mol. The standard InChI is InChI=1S/C16H19N3O3S/c1-10-6-4-5-7-13(10)17-15(20)9-23-12(3)16(21)18-14-8-11(2)22-19-14/h4-8,12H,9H2,1-3H3,(H,17,20)(H,18,19,21). The molecular formula is C16H19N3O3S. The molecule has 6 nitrogen and oxygen atoms in total. The fourth-order valence-electron chi connectivity index (χ4n) is 1.83. The van der Waals surface area contributed by atoms with Gasteiger partial charge in [-0.3, -0.25) is 9.59 Å². The summed E-state index contributed by atoms with van der Waals surface area (Å²) in [5.74, 6) is 0.844. The van der Waals surface area contributed by atoms with Gasteiger partial charge in [0.05, 0.1) is 11.0 Å². The van der Waals surface area contributed by atoms with E-state index in [1.54, 1.807) is 19.9 Å². The van der Waals surface area contributed by atoms with Crippen molar-refractivity contribution in [3.63, 3.8) is 0 Å². The SMILES string of the molecule is Cc1cc(NC(=O)C(C)SCC(=O)Nc2ccccc2C)no1. The van der Waals surface area contributed by atoms with E-state index < -0.39 is 0 Å². The van der Waals surface area contributed by atoms with E-state index in [-0.39, 0.29) is 22.8 Å². The topological polar surface area (TPSA) is 84.2 Å². The predicted octanol–water partition coefficient (Wildman–Crippen LogP) is 2.99. The van der Waals surface area contributed by atoms with Gasteiger partial charge in [-0.05, 0) is 32.4 Å². The van der Waals surface area contributed by atoms with E-state index in [9.17, 15) is 9.59 Å². The molecule has 122 valence electrons. The molecular weight excluding hydrogens is 314 g/mol. The van der Waals surface area contributed by atoms with E-state index >= 15 is 0 Å². The van der Waals surface area contributed by atoms with E-state index in [4.69, 9.17) is 4.52 Å². The number of carbonyl (C=O) groups excluding carboxylic acids is 2. The zero-order valence-corrected chi connectivity index (χ0v) is 14.1. The normalized spacial score (nSPS) is 11.8. The van der Waals surface area contributed by atoms with Crippen molar-refractivity contribution in [3.8, 4) is 0 Å². The number of rotatable bonds is 6. The zero-order chi connectivity index (χ0) is 16.8. The highest BCUT2D eigenvalue weighted by Gasteiger charge is 2.17. The number of nitrogens with one attached hydrogen (secondary N) is 2. The maximum Gasteiger partial charge on any atom is 0.238 e. The summed E-state index contributed by atoms with van der Waals surface area (Å²) in [4.78, 5) is 24.0. The van der Waals surface area contributed by atoms with Crippen LogP contribution in [-0.2, 0) is 9.59 Å². The van der Waals surface area contributed by atoms with Crippen LogP contribution in [0.25, 0.3) is 0 Å². The molecule has 1 heterocycles. The second-order valence-corrected chi connectivity index (χ2v) is 6.46. The van der Waals surface area contributed by atoms with Gasteiger partial charge in [-0.2, -0.15) is 0 Å². The number of hydrogen-bond donors (Lipinski definition) is 2. The highest BCUT2D eigenvalue weighted by molar-refractivity contribution is 8.01. The molecule has 7 heteroatoms. The van der Waals surface area contributed by atoms with Gasteiger partial charge in [-0.15, -0.1) is 11.8 Å². The fourth-order valence-corrected chi connectivity index (χ4v) is 2.51. The largest absolute Gasteiger partial charge is 0.360 e. The number of aromatic nitrogens is 1. The highest BCUT2D eigenvalue weighted by atomic mass is 32.2. The average molecular weight is 333 g/mol. The minimum atomic E-state index is -0.380. The second-order valence-electron chi connectivity index (χ2n) is 5.13. The first-order valence-corrected chi connectivity index (χ1v) is 8.22. The Labute approximate surface area is 139 Å². The number of thioether (sulfide) groups is 1. The fraction of sp³-hybridized carbons (Fsp3) is 0.312. The van der Waals surface area contributed by atoms with Gasteiger partial charge < -0.3 is 15.2 Å². The summed E-state index contributed by atoms with van der Waals surface area (Å²) >= 11 is 1.26. The number of hydrogen-bond acceptors (Lipinski definition) is 5. The molecule has 0 aliphatic heterocycles. The maximum absolute atomic E-state index is 12.0. The Bertz CT molecular complexity index is 699. The first-order chi connectivity index (χ1) is 11.0. The van der Waals surface area contributed by atoms with Crippen molar-refractivity contribution in [1.29, 1.82) is 0 Å². The summed E-state index contributed by atoms with van der Waals surface area (Å²) in [6, 6.07) is 9.20.